The Morgan fingerprint density at radius 2 is 1.18 bits per heavy atom. The van der Waals surface area contributed by atoms with E-state index >= 15 is 0 Å². The normalized spacial score (nSPS) is 50.7. The fourth-order valence-electron chi connectivity index (χ4n) is 5.46. The number of halogens is 3. The van der Waals surface area contributed by atoms with E-state index in [2.05, 4.69) is 6.92 Å². The maximum absolute atomic E-state index is 14.7. The SMILES string of the molecule is CC1CCC(C2CCC(C3CC(F)CC(F)C3)C(F)C2)CC1. The average molecular weight is 316 g/mol. The number of hydrogen-bond donors (Lipinski definition) is 0. The Balaban J connectivity index is 1.53. The summed E-state index contributed by atoms with van der Waals surface area (Å²) >= 11 is 0. The molecule has 0 bridgehead atoms. The van der Waals surface area contributed by atoms with E-state index in [4.69, 9.17) is 0 Å². The molecular formula is C19H31F3. The summed E-state index contributed by atoms with van der Waals surface area (Å²) in [6, 6.07) is 0. The van der Waals surface area contributed by atoms with Crippen LogP contribution in [-0.2, 0) is 0 Å². The summed E-state index contributed by atoms with van der Waals surface area (Å²) in [5.74, 6) is 1.89. The van der Waals surface area contributed by atoms with Crippen molar-refractivity contribution in [2.45, 2.75) is 89.6 Å². The molecule has 0 aromatic carbocycles. The molecule has 0 nitrogen and oxygen atoms in total. The van der Waals surface area contributed by atoms with Crippen molar-refractivity contribution in [3.63, 3.8) is 0 Å². The van der Waals surface area contributed by atoms with Crippen molar-refractivity contribution in [2.75, 3.05) is 0 Å². The van der Waals surface area contributed by atoms with Crippen LogP contribution in [0.25, 0.3) is 0 Å². The molecule has 22 heavy (non-hydrogen) atoms. The van der Waals surface area contributed by atoms with Gasteiger partial charge in [-0.25, -0.2) is 13.2 Å². The van der Waals surface area contributed by atoms with Crippen LogP contribution < -0.4 is 0 Å². The molecule has 0 saturated heterocycles. The van der Waals surface area contributed by atoms with Crippen molar-refractivity contribution >= 4 is 0 Å². The summed E-state index contributed by atoms with van der Waals surface area (Å²) in [5, 5.41) is 0. The summed E-state index contributed by atoms with van der Waals surface area (Å²) in [5.41, 5.74) is 0. The molecule has 3 saturated carbocycles. The summed E-state index contributed by atoms with van der Waals surface area (Å²) in [6.07, 6.45) is 5.52. The monoisotopic (exact) mass is 316 g/mol. The predicted molar refractivity (Wildman–Crippen MR) is 84.0 cm³/mol. The lowest BCUT2D eigenvalue weighted by atomic mass is 9.65. The lowest BCUT2D eigenvalue weighted by Gasteiger charge is -2.42. The van der Waals surface area contributed by atoms with Crippen molar-refractivity contribution in [2.24, 2.45) is 29.6 Å². The van der Waals surface area contributed by atoms with Crippen LogP contribution in [-0.4, -0.2) is 18.5 Å². The van der Waals surface area contributed by atoms with Crippen LogP contribution in [0.1, 0.15) is 71.1 Å². The molecule has 0 aromatic rings. The second kappa shape index (κ2) is 7.13. The minimum atomic E-state index is -1.06. The topological polar surface area (TPSA) is 0 Å². The van der Waals surface area contributed by atoms with Crippen LogP contribution in [0.5, 0.6) is 0 Å². The number of rotatable bonds is 2. The molecule has 3 aliphatic rings. The van der Waals surface area contributed by atoms with Crippen LogP contribution in [0.4, 0.5) is 13.2 Å². The third kappa shape index (κ3) is 3.82. The fourth-order valence-corrected chi connectivity index (χ4v) is 5.46. The molecule has 0 aromatic heterocycles. The molecule has 128 valence electrons. The van der Waals surface area contributed by atoms with E-state index in [0.717, 1.165) is 18.8 Å². The summed E-state index contributed by atoms with van der Waals surface area (Å²) in [6.45, 7) is 2.31. The van der Waals surface area contributed by atoms with Gasteiger partial charge in [-0.1, -0.05) is 19.8 Å². The zero-order valence-electron chi connectivity index (χ0n) is 13.8. The standard InChI is InChI=1S/C19H31F3/c1-12-2-4-13(5-3-12)14-6-7-18(19(22)10-14)15-8-16(20)11-17(21)9-15/h12-19H,2-11H2,1H3. The van der Waals surface area contributed by atoms with E-state index < -0.39 is 18.5 Å². The summed E-state index contributed by atoms with van der Waals surface area (Å²) < 4.78 is 41.9. The van der Waals surface area contributed by atoms with Gasteiger partial charge in [-0.2, -0.15) is 0 Å². The van der Waals surface area contributed by atoms with E-state index in [-0.39, 0.29) is 18.3 Å². The van der Waals surface area contributed by atoms with Gasteiger partial charge >= 0.3 is 0 Å². The number of alkyl halides is 3. The van der Waals surface area contributed by atoms with Gasteiger partial charge in [0.05, 0.1) is 0 Å². The first-order valence-corrected chi connectivity index (χ1v) is 9.45. The molecule has 0 radical (unpaired) electrons. The van der Waals surface area contributed by atoms with Gasteiger partial charge in [-0.15, -0.1) is 0 Å². The zero-order chi connectivity index (χ0) is 15.7. The van der Waals surface area contributed by atoms with E-state index in [1.807, 2.05) is 0 Å². The van der Waals surface area contributed by atoms with Gasteiger partial charge in [0.15, 0.2) is 0 Å². The third-order valence-corrected chi connectivity index (χ3v) is 6.82. The van der Waals surface area contributed by atoms with Crippen LogP contribution in [0.2, 0.25) is 0 Å². The predicted octanol–water partition coefficient (Wildman–Crippen LogP) is 6.04. The highest BCUT2D eigenvalue weighted by atomic mass is 19.1. The molecule has 3 heteroatoms. The van der Waals surface area contributed by atoms with E-state index in [1.165, 1.54) is 25.7 Å². The van der Waals surface area contributed by atoms with Gasteiger partial charge in [0.2, 0.25) is 0 Å². The van der Waals surface area contributed by atoms with Crippen molar-refractivity contribution in [3.8, 4) is 0 Å². The Hall–Kier alpha value is -0.210. The van der Waals surface area contributed by atoms with Gasteiger partial charge in [0.25, 0.3) is 0 Å². The van der Waals surface area contributed by atoms with Crippen molar-refractivity contribution in [3.05, 3.63) is 0 Å². The zero-order valence-corrected chi connectivity index (χ0v) is 13.8. The minimum Gasteiger partial charge on any atom is -0.247 e. The fraction of sp³-hybridized carbons (Fsp3) is 1.00. The second-order valence-electron chi connectivity index (χ2n) is 8.43. The Bertz CT molecular complexity index is 341. The van der Waals surface area contributed by atoms with Gasteiger partial charge in [-0.3, -0.25) is 0 Å². The van der Waals surface area contributed by atoms with Crippen LogP contribution in [0.15, 0.2) is 0 Å². The summed E-state index contributed by atoms with van der Waals surface area (Å²) in [4.78, 5) is 0. The summed E-state index contributed by atoms with van der Waals surface area (Å²) in [7, 11) is 0. The van der Waals surface area contributed by atoms with E-state index in [0.29, 0.717) is 31.1 Å². The Morgan fingerprint density at radius 3 is 1.77 bits per heavy atom. The van der Waals surface area contributed by atoms with E-state index in [1.54, 1.807) is 0 Å². The quantitative estimate of drug-likeness (QED) is 0.582. The molecule has 3 fully saturated rings. The Labute approximate surface area is 133 Å². The van der Waals surface area contributed by atoms with Gasteiger partial charge in [0, 0.05) is 6.42 Å². The molecule has 0 N–H and O–H groups in total. The van der Waals surface area contributed by atoms with Gasteiger partial charge in [0.1, 0.15) is 18.5 Å². The van der Waals surface area contributed by atoms with E-state index in [9.17, 15) is 13.2 Å². The minimum absolute atomic E-state index is 0.0308. The molecule has 0 aliphatic heterocycles. The maximum Gasteiger partial charge on any atom is 0.103 e. The van der Waals surface area contributed by atoms with Gasteiger partial charge < -0.3 is 0 Å². The first kappa shape index (κ1) is 16.6. The first-order chi connectivity index (χ1) is 10.5. The second-order valence-corrected chi connectivity index (χ2v) is 8.43. The van der Waals surface area contributed by atoms with Crippen LogP contribution in [0.3, 0.4) is 0 Å². The highest BCUT2D eigenvalue weighted by molar-refractivity contribution is 4.91. The Kier molecular flexibility index (Phi) is 5.39. The average Bonchev–Trinajstić information content (AvgIpc) is 2.46. The van der Waals surface area contributed by atoms with Crippen LogP contribution >= 0.6 is 0 Å². The largest absolute Gasteiger partial charge is 0.247 e. The maximum atomic E-state index is 14.7. The molecule has 0 amide bonds. The highest BCUT2D eigenvalue weighted by Crippen LogP contribution is 2.46. The molecule has 5 atom stereocenters. The molecule has 3 rings (SSSR count). The van der Waals surface area contributed by atoms with Crippen molar-refractivity contribution in [1.29, 1.82) is 0 Å². The van der Waals surface area contributed by atoms with Crippen LogP contribution in [0, 0.1) is 29.6 Å². The molecule has 0 spiro atoms. The lowest BCUT2D eigenvalue weighted by Crippen LogP contribution is -2.39. The Morgan fingerprint density at radius 1 is 0.591 bits per heavy atom. The van der Waals surface area contributed by atoms with Crippen molar-refractivity contribution < 1.29 is 13.2 Å². The molecular weight excluding hydrogens is 285 g/mol. The number of hydrogen-bond acceptors (Lipinski definition) is 0. The molecule has 3 aliphatic carbocycles. The highest BCUT2D eigenvalue weighted by Gasteiger charge is 2.42. The van der Waals surface area contributed by atoms with Crippen molar-refractivity contribution in [1.82, 2.24) is 0 Å². The first-order valence-electron chi connectivity index (χ1n) is 9.45. The molecule has 5 unspecified atom stereocenters. The lowest BCUT2D eigenvalue weighted by molar-refractivity contribution is 0.00946. The smallest absolute Gasteiger partial charge is 0.103 e. The molecule has 0 heterocycles. The van der Waals surface area contributed by atoms with Gasteiger partial charge in [-0.05, 0) is 74.5 Å². The third-order valence-electron chi connectivity index (χ3n) is 6.82.